The van der Waals surface area contributed by atoms with Crippen LogP contribution in [0.5, 0.6) is 0 Å². The molecule has 1 unspecified atom stereocenters. The Morgan fingerprint density at radius 1 is 1.30 bits per heavy atom. The molecule has 1 saturated carbocycles. The smallest absolute Gasteiger partial charge is 0.170 e. The average molecular weight is 275 g/mol. The number of hydrogen-bond donors (Lipinski definition) is 1. The van der Waals surface area contributed by atoms with Crippen LogP contribution in [0.15, 0.2) is 30.3 Å². The minimum Gasteiger partial charge on any atom is -0.365 e. The maximum absolute atomic E-state index is 10.8. The average Bonchev–Trinajstić information content (AvgIpc) is 2.87. The Hall–Kier alpha value is -0.900. The summed E-state index contributed by atoms with van der Waals surface area (Å²) in [6.45, 7) is 7.81. The molecule has 1 heterocycles. The Morgan fingerprint density at radius 3 is 2.75 bits per heavy atom. The van der Waals surface area contributed by atoms with Crippen molar-refractivity contribution in [3.63, 3.8) is 0 Å². The Kier molecular flexibility index (Phi) is 3.61. The molecule has 0 spiro atoms. The zero-order valence-corrected chi connectivity index (χ0v) is 12.5. The molecule has 3 atom stereocenters. The van der Waals surface area contributed by atoms with Crippen LogP contribution in [0.1, 0.15) is 32.3 Å². The van der Waals surface area contributed by atoms with E-state index in [9.17, 15) is 5.11 Å². The van der Waals surface area contributed by atoms with E-state index in [0.717, 1.165) is 32.5 Å². The van der Waals surface area contributed by atoms with Crippen molar-refractivity contribution in [1.29, 1.82) is 0 Å². The van der Waals surface area contributed by atoms with E-state index < -0.39 is 5.79 Å². The van der Waals surface area contributed by atoms with E-state index in [4.69, 9.17) is 4.74 Å². The van der Waals surface area contributed by atoms with Crippen LogP contribution < -0.4 is 0 Å². The van der Waals surface area contributed by atoms with Crippen LogP contribution in [0, 0.1) is 11.3 Å². The minimum absolute atomic E-state index is 0.193. The van der Waals surface area contributed by atoms with Gasteiger partial charge in [0.1, 0.15) is 0 Å². The number of rotatable bonds is 4. The van der Waals surface area contributed by atoms with Crippen molar-refractivity contribution >= 4 is 0 Å². The van der Waals surface area contributed by atoms with Crippen LogP contribution in [0.4, 0.5) is 0 Å². The molecule has 2 fully saturated rings. The number of benzene rings is 1. The summed E-state index contributed by atoms with van der Waals surface area (Å²) in [7, 11) is 0. The van der Waals surface area contributed by atoms with Gasteiger partial charge in [-0.15, -0.1) is 0 Å². The summed E-state index contributed by atoms with van der Waals surface area (Å²) < 4.78 is 5.70. The van der Waals surface area contributed by atoms with Gasteiger partial charge >= 0.3 is 0 Å². The van der Waals surface area contributed by atoms with Crippen LogP contribution in [-0.4, -0.2) is 35.5 Å². The fourth-order valence-corrected chi connectivity index (χ4v) is 4.13. The van der Waals surface area contributed by atoms with Crippen molar-refractivity contribution in [1.82, 2.24) is 4.90 Å². The summed E-state index contributed by atoms with van der Waals surface area (Å²) in [6, 6.07) is 10.6. The molecule has 0 aromatic heterocycles. The third-order valence-corrected chi connectivity index (χ3v) is 5.11. The lowest BCUT2D eigenvalue weighted by Gasteiger charge is -2.32. The van der Waals surface area contributed by atoms with Crippen molar-refractivity contribution in [3.05, 3.63) is 35.9 Å². The van der Waals surface area contributed by atoms with Gasteiger partial charge < -0.3 is 9.84 Å². The molecule has 110 valence electrons. The van der Waals surface area contributed by atoms with Crippen molar-refractivity contribution in [2.75, 3.05) is 19.7 Å². The Bertz CT molecular complexity index is 463. The van der Waals surface area contributed by atoms with Crippen LogP contribution in [-0.2, 0) is 11.3 Å². The van der Waals surface area contributed by atoms with Crippen molar-refractivity contribution in [2.24, 2.45) is 11.3 Å². The van der Waals surface area contributed by atoms with Gasteiger partial charge in [0.05, 0.1) is 0 Å². The van der Waals surface area contributed by atoms with Crippen molar-refractivity contribution < 1.29 is 9.84 Å². The lowest BCUT2D eigenvalue weighted by Crippen LogP contribution is -2.41. The molecule has 1 aromatic rings. The first-order valence-corrected chi connectivity index (χ1v) is 7.68. The summed E-state index contributed by atoms with van der Waals surface area (Å²) in [6.07, 6.45) is 1.83. The number of fused-ring (bicyclic) bond motifs is 1. The zero-order valence-electron chi connectivity index (χ0n) is 12.5. The standard InChI is InChI=1S/C17H25NO2/c1-3-20-17(19)10-9-16(2)13-18(12-15(16)17)11-14-7-5-4-6-8-14/h4-8,15,19H,3,9-13H2,1-2H3/t15-,16-,17?/m0/s1. The fraction of sp³-hybridized carbons (Fsp3) is 0.647. The first-order chi connectivity index (χ1) is 9.56. The molecule has 1 aliphatic carbocycles. The Morgan fingerprint density at radius 2 is 2.05 bits per heavy atom. The normalized spacial score (nSPS) is 37.2. The maximum atomic E-state index is 10.8. The van der Waals surface area contributed by atoms with Gasteiger partial charge in [-0.25, -0.2) is 0 Å². The molecular formula is C17H25NO2. The van der Waals surface area contributed by atoms with Crippen LogP contribution in [0.25, 0.3) is 0 Å². The van der Waals surface area contributed by atoms with Gasteiger partial charge in [-0.1, -0.05) is 37.3 Å². The molecule has 0 radical (unpaired) electrons. The van der Waals surface area contributed by atoms with Crippen LogP contribution in [0.3, 0.4) is 0 Å². The largest absolute Gasteiger partial charge is 0.365 e. The summed E-state index contributed by atoms with van der Waals surface area (Å²) in [5, 5.41) is 10.8. The van der Waals surface area contributed by atoms with Crippen LogP contribution in [0.2, 0.25) is 0 Å². The highest BCUT2D eigenvalue weighted by Gasteiger charge is 2.58. The highest BCUT2D eigenvalue weighted by molar-refractivity contribution is 5.16. The third kappa shape index (κ3) is 2.39. The monoisotopic (exact) mass is 275 g/mol. The zero-order chi connectivity index (χ0) is 14.2. The quantitative estimate of drug-likeness (QED) is 0.858. The molecule has 1 saturated heterocycles. The molecule has 3 nitrogen and oxygen atoms in total. The predicted molar refractivity (Wildman–Crippen MR) is 79.1 cm³/mol. The first kappa shape index (κ1) is 14.1. The molecule has 1 aliphatic heterocycles. The molecule has 2 aliphatic rings. The summed E-state index contributed by atoms with van der Waals surface area (Å²) in [5.74, 6) is -0.673. The second-order valence-corrected chi connectivity index (χ2v) is 6.64. The van der Waals surface area contributed by atoms with Crippen molar-refractivity contribution in [2.45, 2.75) is 39.0 Å². The highest BCUT2D eigenvalue weighted by atomic mass is 16.6. The van der Waals surface area contributed by atoms with Crippen molar-refractivity contribution in [3.8, 4) is 0 Å². The minimum atomic E-state index is -0.908. The number of ether oxygens (including phenoxy) is 1. The number of hydrogen-bond acceptors (Lipinski definition) is 3. The number of likely N-dealkylation sites (tertiary alicyclic amines) is 1. The second-order valence-electron chi connectivity index (χ2n) is 6.64. The van der Waals surface area contributed by atoms with Gasteiger partial charge in [0.25, 0.3) is 0 Å². The second kappa shape index (κ2) is 5.14. The molecule has 20 heavy (non-hydrogen) atoms. The Labute approximate surface area is 121 Å². The van der Waals surface area contributed by atoms with E-state index in [1.165, 1.54) is 5.56 Å². The van der Waals surface area contributed by atoms with E-state index in [2.05, 4.69) is 42.2 Å². The van der Waals surface area contributed by atoms with Crippen LogP contribution >= 0.6 is 0 Å². The van der Waals surface area contributed by atoms with Gasteiger partial charge in [-0.05, 0) is 24.3 Å². The third-order valence-electron chi connectivity index (χ3n) is 5.11. The number of aliphatic hydroxyl groups is 1. The first-order valence-electron chi connectivity index (χ1n) is 7.68. The van der Waals surface area contributed by atoms with E-state index in [1.54, 1.807) is 0 Å². The summed E-state index contributed by atoms with van der Waals surface area (Å²) in [5.41, 5.74) is 1.54. The summed E-state index contributed by atoms with van der Waals surface area (Å²) >= 11 is 0. The summed E-state index contributed by atoms with van der Waals surface area (Å²) in [4.78, 5) is 2.46. The topological polar surface area (TPSA) is 32.7 Å². The molecule has 1 N–H and O–H groups in total. The molecule has 1 aromatic carbocycles. The lowest BCUT2D eigenvalue weighted by atomic mass is 9.81. The Balaban J connectivity index is 1.72. The predicted octanol–water partition coefficient (Wildman–Crippen LogP) is 2.64. The van der Waals surface area contributed by atoms with Gasteiger partial charge in [-0.2, -0.15) is 0 Å². The van der Waals surface area contributed by atoms with Gasteiger partial charge in [0.2, 0.25) is 0 Å². The van der Waals surface area contributed by atoms with E-state index >= 15 is 0 Å². The molecule has 3 rings (SSSR count). The SMILES string of the molecule is CCOC1(O)CC[C@@]2(C)CN(Cc3ccccc3)C[C@H]12. The number of nitrogens with zero attached hydrogens (tertiary/aromatic N) is 1. The molecular weight excluding hydrogens is 250 g/mol. The lowest BCUT2D eigenvalue weighted by molar-refractivity contribution is -0.226. The fourth-order valence-electron chi connectivity index (χ4n) is 4.13. The van der Waals surface area contributed by atoms with E-state index in [1.807, 2.05) is 6.92 Å². The highest BCUT2D eigenvalue weighted by Crippen LogP contribution is 2.54. The van der Waals surface area contributed by atoms with Gasteiger partial charge in [-0.3, -0.25) is 4.90 Å². The molecule has 0 amide bonds. The van der Waals surface area contributed by atoms with Gasteiger partial charge in [0, 0.05) is 38.6 Å². The molecule has 3 heteroatoms. The maximum Gasteiger partial charge on any atom is 0.170 e. The van der Waals surface area contributed by atoms with E-state index in [-0.39, 0.29) is 11.3 Å². The van der Waals surface area contributed by atoms with E-state index in [0.29, 0.717) is 6.61 Å². The molecule has 0 bridgehead atoms. The van der Waals surface area contributed by atoms with Gasteiger partial charge in [0.15, 0.2) is 5.79 Å².